The molecule has 1 amide bonds. The molecule has 2 rings (SSSR count). The maximum absolute atomic E-state index is 11.1. The summed E-state index contributed by atoms with van der Waals surface area (Å²) in [5.41, 5.74) is 9.56. The second-order valence-electron chi connectivity index (χ2n) is 3.77. The fourth-order valence-corrected chi connectivity index (χ4v) is 1.70. The van der Waals surface area contributed by atoms with Gasteiger partial charge in [-0.1, -0.05) is 34.5 Å². The highest BCUT2D eigenvalue weighted by atomic mass is 16.5. The van der Waals surface area contributed by atoms with E-state index in [1.807, 2.05) is 6.07 Å². The Morgan fingerprint density at radius 3 is 2.95 bits per heavy atom. The minimum absolute atomic E-state index is 0.255. The number of rotatable bonds is 3. The molecular formula is C13H11N5O2. The van der Waals surface area contributed by atoms with E-state index in [2.05, 4.69) is 25.0 Å². The molecule has 0 unspecified atom stereocenters. The van der Waals surface area contributed by atoms with Crippen molar-refractivity contribution < 1.29 is 9.53 Å². The average Bonchev–Trinajstić information content (AvgIpc) is 2.46. The summed E-state index contributed by atoms with van der Waals surface area (Å²) >= 11 is 0. The van der Waals surface area contributed by atoms with Crippen LogP contribution < -0.4 is 0 Å². The summed E-state index contributed by atoms with van der Waals surface area (Å²) < 4.78 is 4.65. The van der Waals surface area contributed by atoms with Crippen molar-refractivity contribution in [2.45, 2.75) is 6.92 Å². The normalized spacial score (nSPS) is 10.4. The first-order valence-corrected chi connectivity index (χ1v) is 5.91. The molecule has 100 valence electrons. The maximum Gasteiger partial charge on any atom is 0.452 e. The van der Waals surface area contributed by atoms with Gasteiger partial charge in [-0.15, -0.1) is 5.11 Å². The number of fused-ring (bicyclic) bond motifs is 1. The van der Waals surface area contributed by atoms with Crippen LogP contribution in [-0.4, -0.2) is 12.7 Å². The van der Waals surface area contributed by atoms with Gasteiger partial charge in [0.2, 0.25) is 0 Å². The lowest BCUT2D eigenvalue weighted by Gasteiger charge is -2.01. The van der Waals surface area contributed by atoms with Crippen LogP contribution in [0.3, 0.4) is 0 Å². The van der Waals surface area contributed by atoms with Gasteiger partial charge in [0, 0.05) is 10.6 Å². The molecule has 7 nitrogen and oxygen atoms in total. The molecule has 0 radical (unpaired) electrons. The molecule has 0 atom stereocenters. The van der Waals surface area contributed by atoms with Crippen molar-refractivity contribution in [2.24, 2.45) is 15.3 Å². The van der Waals surface area contributed by atoms with E-state index >= 15 is 0 Å². The number of ether oxygens (including phenoxy) is 1. The van der Waals surface area contributed by atoms with E-state index in [-0.39, 0.29) is 6.61 Å². The first kappa shape index (κ1) is 13.5. The molecule has 0 aliphatic rings. The fourth-order valence-electron chi connectivity index (χ4n) is 1.70. The van der Waals surface area contributed by atoms with E-state index < -0.39 is 6.09 Å². The first-order chi connectivity index (χ1) is 9.74. The third-order valence-corrected chi connectivity index (χ3v) is 2.51. The van der Waals surface area contributed by atoms with Gasteiger partial charge in [-0.3, -0.25) is 0 Å². The van der Waals surface area contributed by atoms with E-state index in [1.165, 1.54) is 0 Å². The summed E-state index contributed by atoms with van der Waals surface area (Å²) in [6.45, 7) is 1.95. The zero-order chi connectivity index (χ0) is 14.4. The molecule has 0 saturated carbocycles. The molecule has 0 aliphatic heterocycles. The topological polar surface area (TPSA) is 99.8 Å². The molecule has 0 aromatic heterocycles. The summed E-state index contributed by atoms with van der Waals surface area (Å²) in [5.74, 6) is 0. The Balaban J connectivity index is 2.35. The van der Waals surface area contributed by atoms with Crippen molar-refractivity contribution in [2.75, 3.05) is 6.61 Å². The van der Waals surface area contributed by atoms with Gasteiger partial charge in [-0.25, -0.2) is 4.79 Å². The molecule has 0 bridgehead atoms. The van der Waals surface area contributed by atoms with Crippen LogP contribution >= 0.6 is 0 Å². The average molecular weight is 269 g/mol. The number of azide groups is 1. The molecule has 20 heavy (non-hydrogen) atoms. The van der Waals surface area contributed by atoms with Crippen LogP contribution in [0.1, 0.15) is 6.92 Å². The van der Waals surface area contributed by atoms with Gasteiger partial charge < -0.3 is 4.74 Å². The van der Waals surface area contributed by atoms with Crippen molar-refractivity contribution in [1.29, 1.82) is 0 Å². The monoisotopic (exact) mass is 269 g/mol. The summed E-state index contributed by atoms with van der Waals surface area (Å²) in [6, 6.07) is 10.5. The molecule has 0 spiro atoms. The molecular weight excluding hydrogens is 258 g/mol. The van der Waals surface area contributed by atoms with Gasteiger partial charge in [0.05, 0.1) is 12.3 Å². The van der Waals surface area contributed by atoms with Crippen molar-refractivity contribution >= 4 is 28.2 Å². The number of amides is 1. The third-order valence-electron chi connectivity index (χ3n) is 2.51. The molecule has 2 aromatic rings. The lowest BCUT2D eigenvalue weighted by molar-refractivity contribution is 0.162. The number of hydrogen-bond donors (Lipinski definition) is 0. The fraction of sp³-hybridized carbons (Fsp3) is 0.154. The van der Waals surface area contributed by atoms with Gasteiger partial charge in [0.1, 0.15) is 0 Å². The highest BCUT2D eigenvalue weighted by Crippen LogP contribution is 2.29. The van der Waals surface area contributed by atoms with E-state index in [1.54, 1.807) is 37.3 Å². The lowest BCUT2D eigenvalue weighted by atomic mass is 10.1. The van der Waals surface area contributed by atoms with Gasteiger partial charge in [0.25, 0.3) is 0 Å². The third kappa shape index (κ3) is 3.09. The molecule has 7 heteroatoms. The van der Waals surface area contributed by atoms with Gasteiger partial charge >= 0.3 is 6.09 Å². The Labute approximate surface area is 114 Å². The highest BCUT2D eigenvalue weighted by molar-refractivity contribution is 5.94. The minimum Gasteiger partial charge on any atom is -0.447 e. The lowest BCUT2D eigenvalue weighted by Crippen LogP contribution is -1.95. The van der Waals surface area contributed by atoms with Crippen LogP contribution in [-0.2, 0) is 4.74 Å². The predicted molar refractivity (Wildman–Crippen MR) is 74.3 cm³/mol. The number of azo groups is 1. The predicted octanol–water partition coefficient (Wildman–Crippen LogP) is 5.02. The number of carbonyl (C=O) groups is 1. The van der Waals surface area contributed by atoms with Crippen LogP contribution in [0, 0.1) is 0 Å². The van der Waals surface area contributed by atoms with Crippen LogP contribution in [0.5, 0.6) is 0 Å². The standard InChI is InChI=1S/C13H11N5O2/c1-2-20-13(19)17-15-10-6-7-11-9(8-10)4-3-5-12(11)16-18-14/h3-8H,2H2,1H3. The quantitative estimate of drug-likeness (QED) is 0.443. The molecule has 0 N–H and O–H groups in total. The SMILES string of the molecule is CCOC(=O)N=Nc1ccc2c(N=[N+]=[N-])cccc2c1. The molecule has 0 aliphatic carbocycles. The Hall–Kier alpha value is -2.92. The first-order valence-electron chi connectivity index (χ1n) is 5.91. The molecule has 0 fully saturated rings. The van der Waals surface area contributed by atoms with Gasteiger partial charge in [-0.2, -0.15) is 0 Å². The largest absolute Gasteiger partial charge is 0.452 e. The highest BCUT2D eigenvalue weighted by Gasteiger charge is 2.01. The van der Waals surface area contributed by atoms with Crippen LogP contribution in [0.25, 0.3) is 21.2 Å². The van der Waals surface area contributed by atoms with Gasteiger partial charge in [0.15, 0.2) is 0 Å². The Kier molecular flexibility index (Phi) is 4.26. The minimum atomic E-state index is -0.726. The number of nitrogens with zero attached hydrogens (tertiary/aromatic N) is 5. The summed E-state index contributed by atoms with van der Waals surface area (Å²) in [4.78, 5) is 13.9. The van der Waals surface area contributed by atoms with E-state index in [4.69, 9.17) is 5.53 Å². The van der Waals surface area contributed by atoms with Crippen molar-refractivity contribution in [1.82, 2.24) is 0 Å². The van der Waals surface area contributed by atoms with Crippen molar-refractivity contribution in [3.63, 3.8) is 0 Å². The second-order valence-corrected chi connectivity index (χ2v) is 3.77. The van der Waals surface area contributed by atoms with Crippen LogP contribution in [0.2, 0.25) is 0 Å². The van der Waals surface area contributed by atoms with E-state index in [0.29, 0.717) is 11.4 Å². The number of carbonyl (C=O) groups excluding carboxylic acids is 1. The zero-order valence-electron chi connectivity index (χ0n) is 10.7. The van der Waals surface area contributed by atoms with Gasteiger partial charge in [-0.05, 0) is 35.4 Å². The molecule has 0 heterocycles. The zero-order valence-corrected chi connectivity index (χ0v) is 10.7. The Morgan fingerprint density at radius 2 is 2.20 bits per heavy atom. The smallest absolute Gasteiger partial charge is 0.447 e. The van der Waals surface area contributed by atoms with E-state index in [9.17, 15) is 4.79 Å². The van der Waals surface area contributed by atoms with Crippen molar-refractivity contribution in [3.05, 3.63) is 46.8 Å². The Morgan fingerprint density at radius 1 is 1.35 bits per heavy atom. The van der Waals surface area contributed by atoms with E-state index in [0.717, 1.165) is 10.8 Å². The number of benzene rings is 2. The van der Waals surface area contributed by atoms with Crippen LogP contribution in [0.4, 0.5) is 16.2 Å². The number of hydrogen-bond acceptors (Lipinski definition) is 4. The molecule has 2 aromatic carbocycles. The Bertz CT molecular complexity index is 720. The summed E-state index contributed by atoms with van der Waals surface area (Å²) in [5, 5.41) is 12.5. The maximum atomic E-state index is 11.1. The second kappa shape index (κ2) is 6.31. The summed E-state index contributed by atoms with van der Waals surface area (Å²) in [6.07, 6.45) is -0.726. The molecule has 0 saturated heterocycles. The van der Waals surface area contributed by atoms with Crippen LogP contribution in [0.15, 0.2) is 51.7 Å². The van der Waals surface area contributed by atoms with Crippen molar-refractivity contribution in [3.8, 4) is 0 Å². The summed E-state index contributed by atoms with van der Waals surface area (Å²) in [7, 11) is 0.